The van der Waals surface area contributed by atoms with Gasteiger partial charge in [-0.05, 0) is 24.1 Å². The van der Waals surface area contributed by atoms with Gasteiger partial charge in [0.2, 0.25) is 0 Å². The molecule has 0 fully saturated rings. The lowest BCUT2D eigenvalue weighted by molar-refractivity contribution is -0.137. The maximum atomic E-state index is 12.7. The minimum atomic E-state index is -4.41. The fourth-order valence-electron chi connectivity index (χ4n) is 2.15. The minimum Gasteiger partial charge on any atom is -0.326 e. The first-order chi connectivity index (χ1) is 9.82. The van der Waals surface area contributed by atoms with E-state index >= 15 is 0 Å². The summed E-state index contributed by atoms with van der Waals surface area (Å²) in [6.07, 6.45) is -1.96. The Morgan fingerprint density at radius 2 is 2.10 bits per heavy atom. The standard InChI is InChI=1S/C14H15BrF3N3/c1-2-12(19)13(9-4-3-5-11(15)6-9)21-8-10(7-20-21)14(16,17)18/h3-8,12-13H,2,19H2,1H3. The van der Waals surface area contributed by atoms with Crippen molar-refractivity contribution in [3.8, 4) is 0 Å². The number of hydrogen-bond acceptors (Lipinski definition) is 2. The van der Waals surface area contributed by atoms with Gasteiger partial charge in [0, 0.05) is 16.7 Å². The molecule has 0 amide bonds. The normalized spacial score (nSPS) is 15.0. The van der Waals surface area contributed by atoms with Crippen LogP contribution in [0, 0.1) is 0 Å². The third-order valence-electron chi connectivity index (χ3n) is 3.28. The second-order valence-electron chi connectivity index (χ2n) is 4.78. The molecule has 0 saturated carbocycles. The fourth-order valence-corrected chi connectivity index (χ4v) is 2.56. The van der Waals surface area contributed by atoms with Crippen molar-refractivity contribution in [1.82, 2.24) is 9.78 Å². The zero-order valence-corrected chi connectivity index (χ0v) is 12.9. The zero-order chi connectivity index (χ0) is 15.6. The molecule has 0 saturated heterocycles. The molecular formula is C14H15BrF3N3. The SMILES string of the molecule is CCC(N)C(c1cccc(Br)c1)n1cc(C(F)(F)F)cn1. The van der Waals surface area contributed by atoms with Crippen LogP contribution in [0.5, 0.6) is 0 Å². The Morgan fingerprint density at radius 1 is 1.38 bits per heavy atom. The van der Waals surface area contributed by atoms with Crippen molar-refractivity contribution in [1.29, 1.82) is 0 Å². The van der Waals surface area contributed by atoms with Gasteiger partial charge < -0.3 is 5.73 Å². The Kier molecular flexibility index (Phi) is 4.73. The first-order valence-corrected chi connectivity index (χ1v) is 7.24. The van der Waals surface area contributed by atoms with E-state index in [1.165, 1.54) is 4.68 Å². The van der Waals surface area contributed by atoms with E-state index in [2.05, 4.69) is 21.0 Å². The van der Waals surface area contributed by atoms with Crippen LogP contribution in [0.25, 0.3) is 0 Å². The number of nitrogens with zero attached hydrogens (tertiary/aromatic N) is 2. The van der Waals surface area contributed by atoms with Crippen LogP contribution in [0.4, 0.5) is 13.2 Å². The summed E-state index contributed by atoms with van der Waals surface area (Å²) in [4.78, 5) is 0. The van der Waals surface area contributed by atoms with Gasteiger partial charge in [-0.25, -0.2) is 0 Å². The van der Waals surface area contributed by atoms with Crippen molar-refractivity contribution in [2.24, 2.45) is 5.73 Å². The Balaban J connectivity index is 2.44. The van der Waals surface area contributed by atoms with Gasteiger partial charge >= 0.3 is 6.18 Å². The largest absolute Gasteiger partial charge is 0.419 e. The van der Waals surface area contributed by atoms with Crippen LogP contribution in [-0.4, -0.2) is 15.8 Å². The molecule has 2 N–H and O–H groups in total. The molecular weight excluding hydrogens is 347 g/mol. The van der Waals surface area contributed by atoms with E-state index in [1.54, 1.807) is 0 Å². The average Bonchev–Trinajstić information content (AvgIpc) is 2.88. The van der Waals surface area contributed by atoms with Crippen LogP contribution >= 0.6 is 15.9 Å². The molecule has 3 nitrogen and oxygen atoms in total. The summed E-state index contributed by atoms with van der Waals surface area (Å²) in [5.74, 6) is 0. The molecule has 0 aliphatic rings. The molecule has 2 rings (SSSR count). The fraction of sp³-hybridized carbons (Fsp3) is 0.357. The smallest absolute Gasteiger partial charge is 0.326 e. The van der Waals surface area contributed by atoms with E-state index in [4.69, 9.17) is 5.73 Å². The van der Waals surface area contributed by atoms with Crippen molar-refractivity contribution in [2.45, 2.75) is 31.6 Å². The topological polar surface area (TPSA) is 43.8 Å². The van der Waals surface area contributed by atoms with E-state index in [9.17, 15) is 13.2 Å². The Labute approximate surface area is 129 Å². The monoisotopic (exact) mass is 361 g/mol. The summed E-state index contributed by atoms with van der Waals surface area (Å²) >= 11 is 3.36. The number of alkyl halides is 3. The highest BCUT2D eigenvalue weighted by molar-refractivity contribution is 9.10. The lowest BCUT2D eigenvalue weighted by Crippen LogP contribution is -2.32. The van der Waals surface area contributed by atoms with Crippen molar-refractivity contribution >= 4 is 15.9 Å². The molecule has 0 aliphatic heterocycles. The average molecular weight is 362 g/mol. The van der Waals surface area contributed by atoms with Crippen molar-refractivity contribution in [2.75, 3.05) is 0 Å². The number of rotatable bonds is 4. The summed E-state index contributed by atoms with van der Waals surface area (Å²) in [7, 11) is 0. The molecule has 114 valence electrons. The lowest BCUT2D eigenvalue weighted by atomic mass is 9.98. The van der Waals surface area contributed by atoms with E-state index in [-0.39, 0.29) is 6.04 Å². The number of halogens is 4. The quantitative estimate of drug-likeness (QED) is 0.894. The summed E-state index contributed by atoms with van der Waals surface area (Å²) in [5, 5.41) is 3.86. The molecule has 2 unspecified atom stereocenters. The van der Waals surface area contributed by atoms with Crippen LogP contribution in [0.1, 0.15) is 30.5 Å². The Morgan fingerprint density at radius 3 is 2.62 bits per heavy atom. The summed E-state index contributed by atoms with van der Waals surface area (Å²) in [5.41, 5.74) is 6.14. The Bertz CT molecular complexity index is 610. The van der Waals surface area contributed by atoms with Gasteiger partial charge in [0.25, 0.3) is 0 Å². The van der Waals surface area contributed by atoms with Gasteiger partial charge in [0.1, 0.15) is 0 Å². The molecule has 21 heavy (non-hydrogen) atoms. The summed E-state index contributed by atoms with van der Waals surface area (Å²) in [6.45, 7) is 1.89. The zero-order valence-electron chi connectivity index (χ0n) is 11.3. The second kappa shape index (κ2) is 6.19. The highest BCUT2D eigenvalue weighted by atomic mass is 79.9. The van der Waals surface area contributed by atoms with E-state index in [0.29, 0.717) is 6.42 Å². The van der Waals surface area contributed by atoms with E-state index in [0.717, 1.165) is 22.4 Å². The van der Waals surface area contributed by atoms with Crippen LogP contribution in [-0.2, 0) is 6.18 Å². The predicted octanol–water partition coefficient (Wildman–Crippen LogP) is 3.99. The van der Waals surface area contributed by atoms with E-state index < -0.39 is 17.8 Å². The predicted molar refractivity (Wildman–Crippen MR) is 77.8 cm³/mol. The van der Waals surface area contributed by atoms with Gasteiger partial charge in [-0.3, -0.25) is 4.68 Å². The minimum absolute atomic E-state index is 0.333. The molecule has 0 spiro atoms. The Hall–Kier alpha value is -1.34. The molecule has 1 aromatic heterocycles. The van der Waals surface area contributed by atoms with Gasteiger partial charge in [-0.2, -0.15) is 18.3 Å². The first kappa shape index (κ1) is 16.0. The van der Waals surface area contributed by atoms with Crippen molar-refractivity contribution in [3.05, 3.63) is 52.3 Å². The van der Waals surface area contributed by atoms with Crippen molar-refractivity contribution < 1.29 is 13.2 Å². The highest BCUT2D eigenvalue weighted by Crippen LogP contribution is 2.31. The van der Waals surface area contributed by atoms with Crippen LogP contribution in [0.15, 0.2) is 41.1 Å². The maximum Gasteiger partial charge on any atom is 0.419 e. The van der Waals surface area contributed by atoms with Gasteiger partial charge in [-0.15, -0.1) is 0 Å². The molecule has 0 bridgehead atoms. The maximum absolute atomic E-state index is 12.7. The first-order valence-electron chi connectivity index (χ1n) is 6.45. The van der Waals surface area contributed by atoms with Crippen LogP contribution in [0.3, 0.4) is 0 Å². The molecule has 0 aliphatic carbocycles. The number of aromatic nitrogens is 2. The molecule has 1 heterocycles. The van der Waals surface area contributed by atoms with Crippen LogP contribution < -0.4 is 5.73 Å². The van der Waals surface area contributed by atoms with Gasteiger partial charge in [0.15, 0.2) is 0 Å². The second-order valence-corrected chi connectivity index (χ2v) is 5.69. The highest BCUT2D eigenvalue weighted by Gasteiger charge is 2.33. The molecule has 1 aromatic carbocycles. The number of hydrogen-bond donors (Lipinski definition) is 1. The molecule has 2 atom stereocenters. The molecule has 2 aromatic rings. The number of benzene rings is 1. The third-order valence-corrected chi connectivity index (χ3v) is 3.77. The van der Waals surface area contributed by atoms with E-state index in [1.807, 2.05) is 31.2 Å². The third kappa shape index (κ3) is 3.65. The summed E-state index contributed by atoms with van der Waals surface area (Å²) in [6, 6.07) is 6.57. The van der Waals surface area contributed by atoms with Gasteiger partial charge in [-0.1, -0.05) is 35.0 Å². The molecule has 0 radical (unpaired) electrons. The van der Waals surface area contributed by atoms with Crippen molar-refractivity contribution in [3.63, 3.8) is 0 Å². The summed E-state index contributed by atoms with van der Waals surface area (Å²) < 4.78 is 40.3. The number of nitrogens with two attached hydrogens (primary N) is 1. The van der Waals surface area contributed by atoms with Crippen LogP contribution in [0.2, 0.25) is 0 Å². The van der Waals surface area contributed by atoms with Gasteiger partial charge in [0.05, 0.1) is 17.8 Å². The molecule has 7 heteroatoms. The lowest BCUT2D eigenvalue weighted by Gasteiger charge is -2.24.